The van der Waals surface area contributed by atoms with Crippen molar-refractivity contribution in [3.05, 3.63) is 35.9 Å². The first kappa shape index (κ1) is 12.6. The monoisotopic (exact) mass is 235 g/mol. The summed E-state index contributed by atoms with van der Waals surface area (Å²) in [5.74, 6) is 0.518. The van der Waals surface area contributed by atoms with Crippen molar-refractivity contribution in [3.8, 4) is 0 Å². The molecule has 1 aromatic rings. The van der Waals surface area contributed by atoms with Crippen molar-refractivity contribution < 1.29 is 9.47 Å². The normalized spacial score (nSPS) is 19.1. The SMILES string of the molecule is COC(OCc1ccccc1)C1CCNCC1. The second kappa shape index (κ2) is 6.74. The summed E-state index contributed by atoms with van der Waals surface area (Å²) in [5, 5.41) is 3.36. The average Bonchev–Trinajstić information content (AvgIpc) is 2.42. The molecular formula is C14H21NO2. The molecule has 1 heterocycles. The van der Waals surface area contributed by atoms with Crippen LogP contribution in [0.5, 0.6) is 0 Å². The third-order valence-electron chi connectivity index (χ3n) is 3.26. The summed E-state index contributed by atoms with van der Waals surface area (Å²) in [7, 11) is 1.73. The van der Waals surface area contributed by atoms with Gasteiger partial charge in [0.1, 0.15) is 0 Å². The van der Waals surface area contributed by atoms with Crippen molar-refractivity contribution in [1.82, 2.24) is 5.32 Å². The molecule has 1 unspecified atom stereocenters. The summed E-state index contributed by atoms with van der Waals surface area (Å²) >= 11 is 0. The zero-order valence-electron chi connectivity index (χ0n) is 10.4. The van der Waals surface area contributed by atoms with Crippen LogP contribution in [0.15, 0.2) is 30.3 Å². The Bertz CT molecular complexity index is 309. The molecule has 0 amide bonds. The summed E-state index contributed by atoms with van der Waals surface area (Å²) in [5.41, 5.74) is 1.20. The molecule has 1 saturated heterocycles. The fourth-order valence-electron chi connectivity index (χ4n) is 2.27. The van der Waals surface area contributed by atoms with Gasteiger partial charge in [0.05, 0.1) is 6.61 Å². The van der Waals surface area contributed by atoms with Gasteiger partial charge in [-0.25, -0.2) is 0 Å². The van der Waals surface area contributed by atoms with Crippen LogP contribution in [-0.2, 0) is 16.1 Å². The highest BCUT2D eigenvalue weighted by Gasteiger charge is 2.23. The summed E-state index contributed by atoms with van der Waals surface area (Å²) < 4.78 is 11.3. The predicted octanol–water partition coefficient (Wildman–Crippen LogP) is 2.18. The van der Waals surface area contributed by atoms with Gasteiger partial charge in [-0.3, -0.25) is 0 Å². The Morgan fingerprint density at radius 1 is 1.24 bits per heavy atom. The van der Waals surface area contributed by atoms with E-state index in [9.17, 15) is 0 Å². The van der Waals surface area contributed by atoms with Gasteiger partial charge in [-0.05, 0) is 31.5 Å². The minimum Gasteiger partial charge on any atom is -0.356 e. The summed E-state index contributed by atoms with van der Waals surface area (Å²) in [4.78, 5) is 0. The maximum Gasteiger partial charge on any atom is 0.160 e. The molecule has 3 nitrogen and oxygen atoms in total. The van der Waals surface area contributed by atoms with Crippen LogP contribution in [-0.4, -0.2) is 26.5 Å². The van der Waals surface area contributed by atoms with E-state index in [0.717, 1.165) is 25.9 Å². The van der Waals surface area contributed by atoms with Crippen LogP contribution in [0.4, 0.5) is 0 Å². The maximum atomic E-state index is 5.87. The highest BCUT2D eigenvalue weighted by atomic mass is 16.7. The molecule has 0 aromatic heterocycles. The molecular weight excluding hydrogens is 214 g/mol. The number of benzene rings is 1. The van der Waals surface area contributed by atoms with E-state index in [1.807, 2.05) is 18.2 Å². The molecule has 2 rings (SSSR count). The van der Waals surface area contributed by atoms with Gasteiger partial charge in [-0.2, -0.15) is 0 Å². The van der Waals surface area contributed by atoms with E-state index >= 15 is 0 Å². The Labute approximate surface area is 103 Å². The van der Waals surface area contributed by atoms with Crippen molar-refractivity contribution in [1.29, 1.82) is 0 Å². The van der Waals surface area contributed by atoms with Crippen LogP contribution in [0, 0.1) is 5.92 Å². The molecule has 1 N–H and O–H groups in total. The van der Waals surface area contributed by atoms with E-state index < -0.39 is 0 Å². The molecule has 0 radical (unpaired) electrons. The lowest BCUT2D eigenvalue weighted by Gasteiger charge is -2.29. The third-order valence-corrected chi connectivity index (χ3v) is 3.26. The molecule has 17 heavy (non-hydrogen) atoms. The Kier molecular flexibility index (Phi) is 4.98. The quantitative estimate of drug-likeness (QED) is 0.793. The third kappa shape index (κ3) is 3.80. The zero-order valence-corrected chi connectivity index (χ0v) is 10.4. The van der Waals surface area contributed by atoms with E-state index in [1.165, 1.54) is 5.56 Å². The zero-order chi connectivity index (χ0) is 11.9. The minimum atomic E-state index is -0.0719. The number of hydrogen-bond donors (Lipinski definition) is 1. The lowest BCUT2D eigenvalue weighted by Crippen LogP contribution is -2.36. The van der Waals surface area contributed by atoms with Crippen LogP contribution in [0.1, 0.15) is 18.4 Å². The minimum absolute atomic E-state index is 0.0719. The maximum absolute atomic E-state index is 5.87. The number of hydrogen-bond acceptors (Lipinski definition) is 3. The number of piperidine rings is 1. The van der Waals surface area contributed by atoms with Crippen LogP contribution >= 0.6 is 0 Å². The number of ether oxygens (including phenoxy) is 2. The van der Waals surface area contributed by atoms with Gasteiger partial charge >= 0.3 is 0 Å². The van der Waals surface area contributed by atoms with Gasteiger partial charge in [-0.1, -0.05) is 30.3 Å². The molecule has 0 saturated carbocycles. The van der Waals surface area contributed by atoms with Crippen molar-refractivity contribution in [2.24, 2.45) is 5.92 Å². The van der Waals surface area contributed by atoms with E-state index in [0.29, 0.717) is 12.5 Å². The number of nitrogens with one attached hydrogen (secondary N) is 1. The predicted molar refractivity (Wildman–Crippen MR) is 67.6 cm³/mol. The van der Waals surface area contributed by atoms with Gasteiger partial charge in [-0.15, -0.1) is 0 Å². The number of methoxy groups -OCH3 is 1. The molecule has 94 valence electrons. The molecule has 0 aliphatic carbocycles. The van der Waals surface area contributed by atoms with Gasteiger partial charge in [0, 0.05) is 13.0 Å². The second-order valence-electron chi connectivity index (χ2n) is 4.49. The smallest absolute Gasteiger partial charge is 0.160 e. The van der Waals surface area contributed by atoms with Crippen molar-refractivity contribution in [2.75, 3.05) is 20.2 Å². The average molecular weight is 235 g/mol. The first-order chi connectivity index (χ1) is 8.40. The Morgan fingerprint density at radius 3 is 2.59 bits per heavy atom. The van der Waals surface area contributed by atoms with Crippen molar-refractivity contribution in [2.45, 2.75) is 25.7 Å². The summed E-state index contributed by atoms with van der Waals surface area (Å²) in [6, 6.07) is 10.2. The highest BCUT2D eigenvalue weighted by molar-refractivity contribution is 5.13. The Hall–Kier alpha value is -0.900. The largest absolute Gasteiger partial charge is 0.356 e. The first-order valence-electron chi connectivity index (χ1n) is 6.29. The molecule has 1 aliphatic rings. The van der Waals surface area contributed by atoms with Gasteiger partial charge in [0.15, 0.2) is 6.29 Å². The fourth-order valence-corrected chi connectivity index (χ4v) is 2.27. The standard InChI is InChI=1S/C14H21NO2/c1-16-14(13-7-9-15-10-8-13)17-11-12-5-3-2-4-6-12/h2-6,13-15H,7-11H2,1H3. The lowest BCUT2D eigenvalue weighted by molar-refractivity contribution is -0.167. The van der Waals surface area contributed by atoms with E-state index in [-0.39, 0.29) is 6.29 Å². The summed E-state index contributed by atoms with van der Waals surface area (Å²) in [6.45, 7) is 2.77. The van der Waals surface area contributed by atoms with Crippen LogP contribution in [0.2, 0.25) is 0 Å². The number of rotatable bonds is 5. The molecule has 1 aromatic carbocycles. The van der Waals surface area contributed by atoms with Crippen LogP contribution < -0.4 is 5.32 Å². The molecule has 0 spiro atoms. The Balaban J connectivity index is 1.82. The van der Waals surface area contributed by atoms with Crippen LogP contribution in [0.25, 0.3) is 0 Å². The van der Waals surface area contributed by atoms with Gasteiger partial charge < -0.3 is 14.8 Å². The summed E-state index contributed by atoms with van der Waals surface area (Å²) in [6.07, 6.45) is 2.19. The Morgan fingerprint density at radius 2 is 1.94 bits per heavy atom. The van der Waals surface area contributed by atoms with Gasteiger partial charge in [0.25, 0.3) is 0 Å². The fraction of sp³-hybridized carbons (Fsp3) is 0.571. The van der Waals surface area contributed by atoms with E-state index in [1.54, 1.807) is 7.11 Å². The van der Waals surface area contributed by atoms with Gasteiger partial charge in [0.2, 0.25) is 0 Å². The topological polar surface area (TPSA) is 30.5 Å². The molecule has 3 heteroatoms. The molecule has 1 fully saturated rings. The van der Waals surface area contributed by atoms with E-state index in [2.05, 4.69) is 17.4 Å². The second-order valence-corrected chi connectivity index (χ2v) is 4.49. The van der Waals surface area contributed by atoms with Crippen molar-refractivity contribution >= 4 is 0 Å². The van der Waals surface area contributed by atoms with Crippen molar-refractivity contribution in [3.63, 3.8) is 0 Å². The van der Waals surface area contributed by atoms with Crippen LogP contribution in [0.3, 0.4) is 0 Å². The molecule has 1 atom stereocenters. The first-order valence-corrected chi connectivity index (χ1v) is 6.29. The molecule has 0 bridgehead atoms. The molecule has 1 aliphatic heterocycles. The lowest BCUT2D eigenvalue weighted by atomic mass is 9.97. The van der Waals surface area contributed by atoms with E-state index in [4.69, 9.17) is 9.47 Å². The highest BCUT2D eigenvalue weighted by Crippen LogP contribution is 2.20.